The standard InChI is InChI=1S/C17H24N2O3/c1-3-19-14-7-4-9-17(14,10-8-15(19)20)12-18(2)16(21)13-6-5-11-22-13/h5-6,11,14H,3-4,7-10,12H2,1-2H3/t14-,17+/m1/s1. The van der Waals surface area contributed by atoms with Crippen LogP contribution < -0.4 is 0 Å². The summed E-state index contributed by atoms with van der Waals surface area (Å²) < 4.78 is 5.22. The van der Waals surface area contributed by atoms with Crippen LogP contribution in [0, 0.1) is 5.41 Å². The second-order valence-electron chi connectivity index (χ2n) is 6.59. The monoisotopic (exact) mass is 304 g/mol. The Kier molecular flexibility index (Phi) is 3.98. The van der Waals surface area contributed by atoms with Gasteiger partial charge in [-0.25, -0.2) is 0 Å². The van der Waals surface area contributed by atoms with Crippen LogP contribution in [0.5, 0.6) is 0 Å². The topological polar surface area (TPSA) is 53.8 Å². The van der Waals surface area contributed by atoms with Gasteiger partial charge in [0.25, 0.3) is 5.91 Å². The second kappa shape index (κ2) is 5.78. The average Bonchev–Trinajstić information content (AvgIpc) is 3.16. The van der Waals surface area contributed by atoms with Gasteiger partial charge in [-0.1, -0.05) is 6.42 Å². The smallest absolute Gasteiger partial charge is 0.289 e. The summed E-state index contributed by atoms with van der Waals surface area (Å²) in [4.78, 5) is 28.4. The molecule has 3 rings (SSSR count). The number of amides is 2. The van der Waals surface area contributed by atoms with Gasteiger partial charge >= 0.3 is 0 Å². The third-order valence-electron chi connectivity index (χ3n) is 5.36. The van der Waals surface area contributed by atoms with Crippen molar-refractivity contribution in [1.29, 1.82) is 0 Å². The van der Waals surface area contributed by atoms with Gasteiger partial charge in [-0.05, 0) is 38.3 Å². The molecule has 1 aliphatic carbocycles. The maximum absolute atomic E-state index is 12.4. The minimum absolute atomic E-state index is 0.0565. The van der Waals surface area contributed by atoms with Crippen LogP contribution in [0.25, 0.3) is 0 Å². The number of furan rings is 1. The lowest BCUT2D eigenvalue weighted by molar-refractivity contribution is -0.141. The third-order valence-corrected chi connectivity index (χ3v) is 5.36. The molecule has 5 heteroatoms. The SMILES string of the molecule is CCN1C(=O)CC[C@]2(CN(C)C(=O)c3ccco3)CCC[C@@H]12. The van der Waals surface area contributed by atoms with Gasteiger partial charge in [0.05, 0.1) is 6.26 Å². The Morgan fingerprint density at radius 3 is 3.00 bits per heavy atom. The van der Waals surface area contributed by atoms with E-state index in [4.69, 9.17) is 4.42 Å². The molecule has 1 aliphatic heterocycles. The number of rotatable bonds is 4. The Bertz CT molecular complexity index is 554. The van der Waals surface area contributed by atoms with Gasteiger partial charge in [0, 0.05) is 38.0 Å². The zero-order valence-electron chi connectivity index (χ0n) is 13.4. The van der Waals surface area contributed by atoms with E-state index in [2.05, 4.69) is 0 Å². The second-order valence-corrected chi connectivity index (χ2v) is 6.59. The van der Waals surface area contributed by atoms with Gasteiger partial charge < -0.3 is 14.2 Å². The summed E-state index contributed by atoms with van der Waals surface area (Å²) in [6, 6.07) is 3.71. The molecule has 1 saturated carbocycles. The van der Waals surface area contributed by atoms with E-state index in [0.29, 0.717) is 18.7 Å². The summed E-state index contributed by atoms with van der Waals surface area (Å²) >= 11 is 0. The predicted molar refractivity (Wildman–Crippen MR) is 82.4 cm³/mol. The van der Waals surface area contributed by atoms with Gasteiger partial charge in [-0.15, -0.1) is 0 Å². The molecule has 1 aromatic heterocycles. The van der Waals surface area contributed by atoms with E-state index in [1.54, 1.807) is 17.0 Å². The average molecular weight is 304 g/mol. The highest BCUT2D eigenvalue weighted by atomic mass is 16.3. The first-order chi connectivity index (χ1) is 10.6. The predicted octanol–water partition coefficient (Wildman–Crippen LogP) is 2.53. The Morgan fingerprint density at radius 1 is 1.50 bits per heavy atom. The van der Waals surface area contributed by atoms with Crippen LogP contribution in [-0.4, -0.2) is 47.8 Å². The fourth-order valence-electron chi connectivity index (χ4n) is 4.36. The first-order valence-corrected chi connectivity index (χ1v) is 8.16. The van der Waals surface area contributed by atoms with Gasteiger partial charge in [-0.3, -0.25) is 9.59 Å². The van der Waals surface area contributed by atoms with Crippen molar-refractivity contribution in [1.82, 2.24) is 9.80 Å². The first-order valence-electron chi connectivity index (χ1n) is 8.16. The third kappa shape index (κ3) is 2.42. The Balaban J connectivity index is 1.77. The Morgan fingerprint density at radius 2 is 2.32 bits per heavy atom. The molecule has 2 aliphatic rings. The van der Waals surface area contributed by atoms with Crippen molar-refractivity contribution in [3.63, 3.8) is 0 Å². The highest BCUT2D eigenvalue weighted by molar-refractivity contribution is 5.91. The number of piperidine rings is 1. The highest BCUT2D eigenvalue weighted by Gasteiger charge is 2.50. The molecule has 0 aromatic carbocycles. The molecule has 0 unspecified atom stereocenters. The molecule has 0 bridgehead atoms. The van der Waals surface area contributed by atoms with E-state index >= 15 is 0 Å². The number of hydrogen-bond donors (Lipinski definition) is 0. The molecule has 2 fully saturated rings. The number of carbonyl (C=O) groups is 2. The van der Waals surface area contributed by atoms with Crippen molar-refractivity contribution in [3.05, 3.63) is 24.2 Å². The normalized spacial score (nSPS) is 27.8. The summed E-state index contributed by atoms with van der Waals surface area (Å²) in [5.41, 5.74) is 0.0565. The lowest BCUT2D eigenvalue weighted by Gasteiger charge is -2.47. The van der Waals surface area contributed by atoms with Crippen molar-refractivity contribution in [2.75, 3.05) is 20.1 Å². The Hall–Kier alpha value is -1.78. The lowest BCUT2D eigenvalue weighted by Crippen LogP contribution is -2.56. The van der Waals surface area contributed by atoms with E-state index in [1.165, 1.54) is 6.26 Å². The molecular weight excluding hydrogens is 280 g/mol. The van der Waals surface area contributed by atoms with Gasteiger partial charge in [0.15, 0.2) is 5.76 Å². The minimum Gasteiger partial charge on any atom is -0.459 e. The number of fused-ring (bicyclic) bond motifs is 1. The van der Waals surface area contributed by atoms with Crippen LogP contribution >= 0.6 is 0 Å². The molecule has 0 radical (unpaired) electrons. The molecule has 1 aromatic rings. The van der Waals surface area contributed by atoms with Crippen LogP contribution in [-0.2, 0) is 4.79 Å². The number of nitrogens with zero attached hydrogens (tertiary/aromatic N) is 2. The summed E-state index contributed by atoms with van der Waals surface area (Å²) in [7, 11) is 1.84. The molecule has 22 heavy (non-hydrogen) atoms. The van der Waals surface area contributed by atoms with Gasteiger partial charge in [-0.2, -0.15) is 0 Å². The minimum atomic E-state index is -0.0787. The van der Waals surface area contributed by atoms with Crippen molar-refractivity contribution in [2.24, 2.45) is 5.41 Å². The number of hydrogen-bond acceptors (Lipinski definition) is 3. The van der Waals surface area contributed by atoms with Crippen LogP contribution in [0.2, 0.25) is 0 Å². The summed E-state index contributed by atoms with van der Waals surface area (Å²) in [5, 5.41) is 0. The van der Waals surface area contributed by atoms with Crippen molar-refractivity contribution < 1.29 is 14.0 Å². The highest BCUT2D eigenvalue weighted by Crippen LogP contribution is 2.48. The van der Waals surface area contributed by atoms with E-state index < -0.39 is 0 Å². The Labute approximate surface area is 131 Å². The first kappa shape index (κ1) is 15.1. The van der Waals surface area contributed by atoms with Crippen LogP contribution in [0.4, 0.5) is 0 Å². The number of carbonyl (C=O) groups excluding carboxylic acids is 2. The molecule has 2 heterocycles. The molecule has 2 amide bonds. The fraction of sp³-hybridized carbons (Fsp3) is 0.647. The lowest BCUT2D eigenvalue weighted by atomic mass is 9.74. The largest absolute Gasteiger partial charge is 0.459 e. The van der Waals surface area contributed by atoms with Crippen molar-refractivity contribution in [2.45, 2.75) is 45.1 Å². The fourth-order valence-corrected chi connectivity index (χ4v) is 4.36. The zero-order valence-corrected chi connectivity index (χ0v) is 13.4. The molecule has 1 saturated heterocycles. The molecule has 5 nitrogen and oxygen atoms in total. The summed E-state index contributed by atoms with van der Waals surface area (Å²) in [6.45, 7) is 3.51. The van der Waals surface area contributed by atoms with E-state index in [0.717, 1.165) is 32.2 Å². The quantitative estimate of drug-likeness (QED) is 0.859. The molecule has 0 N–H and O–H groups in total. The van der Waals surface area contributed by atoms with E-state index in [9.17, 15) is 9.59 Å². The molecule has 2 atom stereocenters. The summed E-state index contributed by atoms with van der Waals surface area (Å²) in [6.07, 6.45) is 6.31. The van der Waals surface area contributed by atoms with E-state index in [1.807, 2.05) is 18.9 Å². The van der Waals surface area contributed by atoms with Crippen LogP contribution in [0.15, 0.2) is 22.8 Å². The maximum Gasteiger partial charge on any atom is 0.289 e. The number of likely N-dealkylation sites (tertiary alicyclic amines) is 1. The molecule has 120 valence electrons. The molecular formula is C17H24N2O3. The van der Waals surface area contributed by atoms with Gasteiger partial charge in [0.1, 0.15) is 0 Å². The van der Waals surface area contributed by atoms with Crippen molar-refractivity contribution in [3.8, 4) is 0 Å². The van der Waals surface area contributed by atoms with Crippen molar-refractivity contribution >= 4 is 11.8 Å². The van der Waals surface area contributed by atoms with Crippen LogP contribution in [0.1, 0.15) is 49.6 Å². The van der Waals surface area contributed by atoms with E-state index in [-0.39, 0.29) is 23.3 Å². The van der Waals surface area contributed by atoms with Crippen LogP contribution in [0.3, 0.4) is 0 Å². The molecule has 0 spiro atoms. The maximum atomic E-state index is 12.4. The van der Waals surface area contributed by atoms with Gasteiger partial charge in [0.2, 0.25) is 5.91 Å². The summed E-state index contributed by atoms with van der Waals surface area (Å²) in [5.74, 6) is 0.572. The zero-order chi connectivity index (χ0) is 15.7.